The summed E-state index contributed by atoms with van der Waals surface area (Å²) in [6, 6.07) is 21.9. The van der Waals surface area contributed by atoms with Crippen LogP contribution in [0, 0.1) is 0 Å². The van der Waals surface area contributed by atoms with Crippen LogP contribution in [0.25, 0.3) is 6.08 Å². The number of hydrogen-bond donors (Lipinski definition) is 0. The van der Waals surface area contributed by atoms with Crippen molar-refractivity contribution >= 4 is 27.9 Å². The fraction of sp³-hybridized carbons (Fsp3) is 0.192. The normalized spacial score (nSPS) is 13.2. The number of amides is 1. The molecule has 0 atom stereocenters. The standard InChI is InChI=1S/C26H24BrNO3/c1-30-25-12-6-19(16-22(25)18-31-24-10-8-23(27)9-11-24)7-13-26(29)28-15-14-20-4-2-3-5-21(20)17-28/h2-13,16H,14-15,17-18H2,1H3/b13-7-. The van der Waals surface area contributed by atoms with Gasteiger partial charge < -0.3 is 14.4 Å². The minimum atomic E-state index is 0.0259. The van der Waals surface area contributed by atoms with E-state index in [4.69, 9.17) is 9.47 Å². The number of benzene rings is 3. The predicted molar refractivity (Wildman–Crippen MR) is 126 cm³/mol. The zero-order valence-electron chi connectivity index (χ0n) is 17.4. The van der Waals surface area contributed by atoms with E-state index in [1.807, 2.05) is 59.5 Å². The summed E-state index contributed by atoms with van der Waals surface area (Å²) in [6.07, 6.45) is 4.40. The van der Waals surface area contributed by atoms with E-state index in [1.165, 1.54) is 11.1 Å². The van der Waals surface area contributed by atoms with E-state index in [-0.39, 0.29) is 5.91 Å². The second kappa shape index (κ2) is 9.84. The highest BCUT2D eigenvalue weighted by atomic mass is 79.9. The molecule has 0 aromatic heterocycles. The molecule has 3 aromatic rings. The average molecular weight is 478 g/mol. The van der Waals surface area contributed by atoms with Gasteiger partial charge in [-0.1, -0.05) is 46.3 Å². The van der Waals surface area contributed by atoms with Gasteiger partial charge in [-0.2, -0.15) is 0 Å². The highest BCUT2D eigenvalue weighted by molar-refractivity contribution is 9.10. The van der Waals surface area contributed by atoms with Crippen molar-refractivity contribution in [1.82, 2.24) is 4.90 Å². The summed E-state index contributed by atoms with van der Waals surface area (Å²) >= 11 is 3.43. The first-order chi connectivity index (χ1) is 15.1. The summed E-state index contributed by atoms with van der Waals surface area (Å²) in [7, 11) is 1.64. The molecule has 31 heavy (non-hydrogen) atoms. The fourth-order valence-electron chi connectivity index (χ4n) is 3.66. The minimum Gasteiger partial charge on any atom is -0.496 e. The van der Waals surface area contributed by atoms with Crippen LogP contribution in [0.4, 0.5) is 0 Å². The maximum atomic E-state index is 12.7. The molecule has 1 aliphatic heterocycles. The van der Waals surface area contributed by atoms with E-state index < -0.39 is 0 Å². The largest absolute Gasteiger partial charge is 0.496 e. The smallest absolute Gasteiger partial charge is 0.246 e. The number of nitrogens with zero attached hydrogens (tertiary/aromatic N) is 1. The lowest BCUT2D eigenvalue weighted by molar-refractivity contribution is -0.126. The van der Waals surface area contributed by atoms with Gasteiger partial charge in [-0.15, -0.1) is 0 Å². The van der Waals surface area contributed by atoms with Crippen LogP contribution in [-0.4, -0.2) is 24.5 Å². The Balaban J connectivity index is 1.43. The van der Waals surface area contributed by atoms with Gasteiger partial charge in [-0.25, -0.2) is 0 Å². The molecular weight excluding hydrogens is 454 g/mol. The van der Waals surface area contributed by atoms with Crippen molar-refractivity contribution in [3.63, 3.8) is 0 Å². The van der Waals surface area contributed by atoms with E-state index >= 15 is 0 Å². The zero-order chi connectivity index (χ0) is 21.6. The molecule has 1 amide bonds. The van der Waals surface area contributed by atoms with E-state index in [1.54, 1.807) is 13.2 Å². The molecule has 0 fully saturated rings. The summed E-state index contributed by atoms with van der Waals surface area (Å²) in [6.45, 7) is 1.78. The Hall–Kier alpha value is -3.05. The van der Waals surface area contributed by atoms with Gasteiger partial charge in [0.1, 0.15) is 18.1 Å². The highest BCUT2D eigenvalue weighted by Gasteiger charge is 2.18. The van der Waals surface area contributed by atoms with Crippen molar-refractivity contribution in [3.05, 3.63) is 99.5 Å². The van der Waals surface area contributed by atoms with Gasteiger partial charge >= 0.3 is 0 Å². The monoisotopic (exact) mass is 477 g/mol. The molecule has 5 heteroatoms. The van der Waals surface area contributed by atoms with Crippen LogP contribution >= 0.6 is 15.9 Å². The number of rotatable bonds is 6. The van der Waals surface area contributed by atoms with E-state index in [9.17, 15) is 4.79 Å². The molecule has 3 aromatic carbocycles. The first-order valence-electron chi connectivity index (χ1n) is 10.2. The predicted octanol–water partition coefficient (Wildman–Crippen LogP) is 5.63. The van der Waals surface area contributed by atoms with Gasteiger partial charge in [-0.05, 0) is 65.6 Å². The lowest BCUT2D eigenvalue weighted by Gasteiger charge is -2.27. The topological polar surface area (TPSA) is 38.8 Å². The number of fused-ring (bicyclic) bond motifs is 1. The third kappa shape index (κ3) is 5.36. The molecule has 0 saturated heterocycles. The molecule has 0 N–H and O–H groups in total. The Morgan fingerprint density at radius 2 is 1.84 bits per heavy atom. The van der Waals surface area contributed by atoms with Crippen LogP contribution in [0.1, 0.15) is 22.3 Å². The summed E-state index contributed by atoms with van der Waals surface area (Å²) < 4.78 is 12.4. The second-order valence-electron chi connectivity index (χ2n) is 7.43. The van der Waals surface area contributed by atoms with Crippen LogP contribution in [0.15, 0.2) is 77.3 Å². The molecule has 0 unspecified atom stereocenters. The number of carbonyl (C=O) groups is 1. The highest BCUT2D eigenvalue weighted by Crippen LogP contribution is 2.24. The van der Waals surface area contributed by atoms with E-state index in [0.717, 1.165) is 40.1 Å². The average Bonchev–Trinajstić information content (AvgIpc) is 2.82. The number of ether oxygens (including phenoxy) is 2. The summed E-state index contributed by atoms with van der Waals surface area (Å²) in [5, 5.41) is 0. The number of hydrogen-bond acceptors (Lipinski definition) is 3. The zero-order valence-corrected chi connectivity index (χ0v) is 19.0. The van der Waals surface area contributed by atoms with Crippen LogP contribution in [0.5, 0.6) is 11.5 Å². The lowest BCUT2D eigenvalue weighted by atomic mass is 10.00. The van der Waals surface area contributed by atoms with Crippen molar-refractivity contribution in [3.8, 4) is 11.5 Å². The molecule has 158 valence electrons. The number of carbonyl (C=O) groups excluding carboxylic acids is 1. The first-order valence-corrected chi connectivity index (χ1v) is 11.0. The second-order valence-corrected chi connectivity index (χ2v) is 8.34. The first kappa shape index (κ1) is 21.2. The van der Waals surface area contributed by atoms with Crippen LogP contribution < -0.4 is 9.47 Å². The summed E-state index contributed by atoms with van der Waals surface area (Å²) in [4.78, 5) is 14.6. The molecule has 0 saturated carbocycles. The Labute approximate surface area is 191 Å². The molecule has 4 nitrogen and oxygen atoms in total. The maximum absolute atomic E-state index is 12.7. The Kier molecular flexibility index (Phi) is 6.73. The molecule has 1 aliphatic rings. The quantitative estimate of drug-likeness (QED) is 0.431. The lowest BCUT2D eigenvalue weighted by Crippen LogP contribution is -2.34. The Morgan fingerprint density at radius 3 is 2.61 bits per heavy atom. The summed E-state index contributed by atoms with van der Waals surface area (Å²) in [5.74, 6) is 1.57. The van der Waals surface area contributed by atoms with Crippen molar-refractivity contribution in [2.24, 2.45) is 0 Å². The van der Waals surface area contributed by atoms with Crippen molar-refractivity contribution in [2.75, 3.05) is 13.7 Å². The molecule has 1 heterocycles. The summed E-state index contributed by atoms with van der Waals surface area (Å²) in [5.41, 5.74) is 4.42. The number of halogens is 1. The molecule has 0 aliphatic carbocycles. The van der Waals surface area contributed by atoms with Gasteiger partial charge in [0.2, 0.25) is 5.91 Å². The molecular formula is C26H24BrNO3. The third-order valence-corrected chi connectivity index (χ3v) is 5.90. The van der Waals surface area contributed by atoms with E-state index in [0.29, 0.717) is 13.2 Å². The van der Waals surface area contributed by atoms with Crippen LogP contribution in [-0.2, 0) is 24.4 Å². The fourth-order valence-corrected chi connectivity index (χ4v) is 3.93. The Morgan fingerprint density at radius 1 is 1.06 bits per heavy atom. The third-order valence-electron chi connectivity index (χ3n) is 5.37. The molecule has 0 spiro atoms. The van der Waals surface area contributed by atoms with Crippen LogP contribution in [0.3, 0.4) is 0 Å². The van der Waals surface area contributed by atoms with Gasteiger partial charge in [-0.3, -0.25) is 4.79 Å². The SMILES string of the molecule is COc1ccc(/C=C\C(=O)N2CCc3ccccc3C2)cc1COc1ccc(Br)cc1. The van der Waals surface area contributed by atoms with Gasteiger partial charge in [0.25, 0.3) is 0 Å². The number of methoxy groups -OCH3 is 1. The molecule has 0 bridgehead atoms. The van der Waals surface area contributed by atoms with Crippen molar-refractivity contribution < 1.29 is 14.3 Å². The van der Waals surface area contributed by atoms with Crippen LogP contribution in [0.2, 0.25) is 0 Å². The molecule has 0 radical (unpaired) electrons. The van der Waals surface area contributed by atoms with Crippen molar-refractivity contribution in [1.29, 1.82) is 0 Å². The minimum absolute atomic E-state index is 0.0259. The van der Waals surface area contributed by atoms with Gasteiger partial charge in [0.05, 0.1) is 7.11 Å². The van der Waals surface area contributed by atoms with E-state index in [2.05, 4.69) is 34.1 Å². The Bertz CT molecular complexity index is 1090. The van der Waals surface area contributed by atoms with Gasteiger partial charge in [0.15, 0.2) is 0 Å². The van der Waals surface area contributed by atoms with Crippen molar-refractivity contribution in [2.45, 2.75) is 19.6 Å². The maximum Gasteiger partial charge on any atom is 0.246 e. The molecule has 4 rings (SSSR count). The van der Waals surface area contributed by atoms with Gasteiger partial charge in [0, 0.05) is 29.2 Å².